The molecule has 0 saturated carbocycles. The van der Waals surface area contributed by atoms with Crippen molar-refractivity contribution >= 4 is 17.7 Å². The highest BCUT2D eigenvalue weighted by Crippen LogP contribution is 2.30. The molecule has 0 spiro atoms. The summed E-state index contributed by atoms with van der Waals surface area (Å²) in [5.74, 6) is -0.946. The van der Waals surface area contributed by atoms with E-state index in [0.29, 0.717) is 19.5 Å². The second kappa shape index (κ2) is 5.99. The summed E-state index contributed by atoms with van der Waals surface area (Å²) in [5.41, 5.74) is 1.97. The number of hydrogen-bond acceptors (Lipinski definition) is 2. The first kappa shape index (κ1) is 15.1. The normalized spacial score (nSPS) is 13.2. The SMILES string of the molecule is C=CCN(C(=O)N1CCc2cc(C(=O)O)ccc21)C(C)C. The zero-order valence-corrected chi connectivity index (χ0v) is 12.4. The fourth-order valence-corrected chi connectivity index (χ4v) is 2.54. The number of fused-ring (bicyclic) bond motifs is 1. The first-order valence-corrected chi connectivity index (χ1v) is 7.01. The number of carboxylic acids is 1. The van der Waals surface area contributed by atoms with Gasteiger partial charge in [0.05, 0.1) is 5.56 Å². The highest BCUT2D eigenvalue weighted by atomic mass is 16.4. The van der Waals surface area contributed by atoms with Crippen LogP contribution in [-0.2, 0) is 6.42 Å². The molecule has 2 rings (SSSR count). The van der Waals surface area contributed by atoms with E-state index in [0.717, 1.165) is 11.3 Å². The summed E-state index contributed by atoms with van der Waals surface area (Å²) < 4.78 is 0. The zero-order chi connectivity index (χ0) is 15.6. The number of amides is 2. The van der Waals surface area contributed by atoms with Gasteiger partial charge in [0.2, 0.25) is 0 Å². The van der Waals surface area contributed by atoms with Crippen molar-refractivity contribution in [1.29, 1.82) is 0 Å². The van der Waals surface area contributed by atoms with Crippen LogP contribution in [0, 0.1) is 0 Å². The number of carboxylic acid groups (broad SMARTS) is 1. The van der Waals surface area contributed by atoms with Crippen molar-refractivity contribution in [1.82, 2.24) is 4.90 Å². The third-order valence-electron chi connectivity index (χ3n) is 3.65. The first-order valence-electron chi connectivity index (χ1n) is 7.01. The molecule has 2 amide bonds. The Balaban J connectivity index is 2.27. The lowest BCUT2D eigenvalue weighted by atomic mass is 10.1. The molecule has 0 atom stereocenters. The molecule has 0 saturated heterocycles. The molecule has 1 N–H and O–H groups in total. The number of hydrogen-bond donors (Lipinski definition) is 1. The van der Waals surface area contributed by atoms with Gasteiger partial charge in [-0.1, -0.05) is 6.08 Å². The van der Waals surface area contributed by atoms with E-state index in [1.165, 1.54) is 0 Å². The van der Waals surface area contributed by atoms with Crippen molar-refractivity contribution in [2.45, 2.75) is 26.3 Å². The average molecular weight is 288 g/mol. The van der Waals surface area contributed by atoms with Gasteiger partial charge in [-0.2, -0.15) is 0 Å². The predicted octanol–water partition coefficient (Wildman–Crippen LogP) is 2.76. The van der Waals surface area contributed by atoms with Crippen LogP contribution in [0.15, 0.2) is 30.9 Å². The van der Waals surface area contributed by atoms with Crippen LogP contribution in [0.4, 0.5) is 10.5 Å². The van der Waals surface area contributed by atoms with Gasteiger partial charge in [0.15, 0.2) is 0 Å². The number of nitrogens with zero attached hydrogens (tertiary/aromatic N) is 2. The monoisotopic (exact) mass is 288 g/mol. The number of urea groups is 1. The molecule has 1 heterocycles. The second-order valence-electron chi connectivity index (χ2n) is 5.37. The highest BCUT2D eigenvalue weighted by Gasteiger charge is 2.29. The molecule has 112 valence electrons. The van der Waals surface area contributed by atoms with Gasteiger partial charge in [0, 0.05) is 24.8 Å². The molecule has 1 aliphatic rings. The van der Waals surface area contributed by atoms with E-state index in [4.69, 9.17) is 5.11 Å². The molecule has 0 radical (unpaired) electrons. The summed E-state index contributed by atoms with van der Waals surface area (Å²) in [6, 6.07) is 4.93. The maximum atomic E-state index is 12.6. The maximum Gasteiger partial charge on any atom is 0.335 e. The van der Waals surface area contributed by atoms with E-state index in [-0.39, 0.29) is 17.6 Å². The number of carbonyl (C=O) groups is 2. The molecular weight excluding hydrogens is 268 g/mol. The summed E-state index contributed by atoms with van der Waals surface area (Å²) in [7, 11) is 0. The van der Waals surface area contributed by atoms with Gasteiger partial charge >= 0.3 is 12.0 Å². The van der Waals surface area contributed by atoms with Crippen molar-refractivity contribution in [2.75, 3.05) is 18.0 Å². The Morgan fingerprint density at radius 2 is 2.19 bits per heavy atom. The number of anilines is 1. The fourth-order valence-electron chi connectivity index (χ4n) is 2.54. The minimum Gasteiger partial charge on any atom is -0.478 e. The Labute approximate surface area is 124 Å². The van der Waals surface area contributed by atoms with Crippen molar-refractivity contribution < 1.29 is 14.7 Å². The lowest BCUT2D eigenvalue weighted by Crippen LogP contribution is -2.46. The molecule has 0 aliphatic carbocycles. The summed E-state index contributed by atoms with van der Waals surface area (Å²) in [6.07, 6.45) is 2.39. The van der Waals surface area contributed by atoms with Crippen molar-refractivity contribution in [3.8, 4) is 0 Å². The summed E-state index contributed by atoms with van der Waals surface area (Å²) >= 11 is 0. The molecule has 0 fully saturated rings. The van der Waals surface area contributed by atoms with Gasteiger partial charge in [-0.05, 0) is 44.0 Å². The molecule has 1 aromatic carbocycles. The number of rotatable bonds is 4. The molecule has 5 heteroatoms. The minimum atomic E-state index is -0.946. The fraction of sp³-hybridized carbons (Fsp3) is 0.375. The summed E-state index contributed by atoms with van der Waals surface area (Å²) in [6.45, 7) is 8.69. The van der Waals surface area contributed by atoms with E-state index in [9.17, 15) is 9.59 Å². The van der Waals surface area contributed by atoms with E-state index >= 15 is 0 Å². The number of carbonyl (C=O) groups excluding carboxylic acids is 1. The lowest BCUT2D eigenvalue weighted by molar-refractivity contribution is 0.0697. The van der Waals surface area contributed by atoms with Gasteiger partial charge in [-0.3, -0.25) is 4.90 Å². The molecular formula is C16H20N2O3. The molecule has 0 bridgehead atoms. The van der Waals surface area contributed by atoms with Crippen molar-refractivity contribution in [2.24, 2.45) is 0 Å². The Kier molecular flexibility index (Phi) is 4.31. The quantitative estimate of drug-likeness (QED) is 0.867. The average Bonchev–Trinajstić information content (AvgIpc) is 2.86. The molecule has 0 aromatic heterocycles. The molecule has 1 aliphatic heterocycles. The molecule has 1 aromatic rings. The molecule has 21 heavy (non-hydrogen) atoms. The van der Waals surface area contributed by atoms with Crippen LogP contribution in [-0.4, -0.2) is 41.1 Å². The highest BCUT2D eigenvalue weighted by molar-refractivity contribution is 5.96. The van der Waals surface area contributed by atoms with Crippen LogP contribution in [0.3, 0.4) is 0 Å². The van der Waals surface area contributed by atoms with Crippen molar-refractivity contribution in [3.63, 3.8) is 0 Å². The van der Waals surface area contributed by atoms with Gasteiger partial charge < -0.3 is 10.0 Å². The van der Waals surface area contributed by atoms with Crippen LogP contribution in [0.1, 0.15) is 29.8 Å². The Morgan fingerprint density at radius 3 is 2.76 bits per heavy atom. The van der Waals surface area contributed by atoms with Crippen LogP contribution in [0.25, 0.3) is 0 Å². The van der Waals surface area contributed by atoms with Gasteiger partial charge in [0.25, 0.3) is 0 Å². The third kappa shape index (κ3) is 2.91. The summed E-state index contributed by atoms with van der Waals surface area (Å²) in [4.78, 5) is 27.1. The number of benzene rings is 1. The van der Waals surface area contributed by atoms with E-state index < -0.39 is 5.97 Å². The van der Waals surface area contributed by atoms with Crippen LogP contribution in [0.5, 0.6) is 0 Å². The number of aromatic carboxylic acids is 1. The van der Waals surface area contributed by atoms with Crippen molar-refractivity contribution in [3.05, 3.63) is 42.0 Å². The maximum absolute atomic E-state index is 12.6. The predicted molar refractivity (Wildman–Crippen MR) is 81.9 cm³/mol. The first-order chi connectivity index (χ1) is 9.95. The molecule has 5 nitrogen and oxygen atoms in total. The van der Waals surface area contributed by atoms with Gasteiger partial charge in [-0.25, -0.2) is 9.59 Å². The molecule has 0 unspecified atom stereocenters. The van der Waals surface area contributed by atoms with Crippen LogP contribution >= 0.6 is 0 Å². The standard InChI is InChI=1S/C16H20N2O3/c1-4-8-17(11(2)3)16(21)18-9-7-12-10-13(15(19)20)5-6-14(12)18/h4-6,10-11H,1,7-9H2,2-3H3,(H,19,20). The Hall–Kier alpha value is -2.30. The third-order valence-corrected chi connectivity index (χ3v) is 3.65. The lowest BCUT2D eigenvalue weighted by Gasteiger charge is -2.30. The van der Waals surface area contributed by atoms with Gasteiger partial charge in [-0.15, -0.1) is 6.58 Å². The minimum absolute atomic E-state index is 0.0632. The Bertz CT molecular complexity index is 581. The zero-order valence-electron chi connectivity index (χ0n) is 12.4. The van der Waals surface area contributed by atoms with Crippen LogP contribution < -0.4 is 4.90 Å². The van der Waals surface area contributed by atoms with E-state index in [1.807, 2.05) is 13.8 Å². The second-order valence-corrected chi connectivity index (χ2v) is 5.37. The topological polar surface area (TPSA) is 60.9 Å². The smallest absolute Gasteiger partial charge is 0.335 e. The Morgan fingerprint density at radius 1 is 1.48 bits per heavy atom. The van der Waals surface area contributed by atoms with Gasteiger partial charge in [0.1, 0.15) is 0 Å². The largest absolute Gasteiger partial charge is 0.478 e. The van der Waals surface area contributed by atoms with E-state index in [1.54, 1.807) is 34.1 Å². The van der Waals surface area contributed by atoms with E-state index in [2.05, 4.69) is 6.58 Å². The van der Waals surface area contributed by atoms with Crippen LogP contribution in [0.2, 0.25) is 0 Å². The summed E-state index contributed by atoms with van der Waals surface area (Å²) in [5, 5.41) is 9.02.